The predicted octanol–water partition coefficient (Wildman–Crippen LogP) is -1.11. The van der Waals surface area contributed by atoms with Crippen LogP contribution in [0.2, 0.25) is 0 Å². The fourth-order valence-corrected chi connectivity index (χ4v) is 3.48. The van der Waals surface area contributed by atoms with Gasteiger partial charge in [0.25, 0.3) is 0 Å². The van der Waals surface area contributed by atoms with Crippen molar-refractivity contribution in [1.82, 2.24) is 0 Å². The largest absolute Gasteiger partial charge is 0.394 e. The van der Waals surface area contributed by atoms with Crippen LogP contribution in [-0.4, -0.2) is 82.7 Å². The van der Waals surface area contributed by atoms with E-state index in [-0.39, 0.29) is 31.5 Å². The minimum atomic E-state index is -1.18. The smallest absolute Gasteiger partial charge is 0.176 e. The van der Waals surface area contributed by atoms with E-state index in [0.717, 1.165) is 0 Å². The lowest BCUT2D eigenvalue weighted by molar-refractivity contribution is -0.304. The Morgan fingerprint density at radius 1 is 1.04 bits per heavy atom. The van der Waals surface area contributed by atoms with Gasteiger partial charge in [-0.05, 0) is 12.3 Å². The highest BCUT2D eigenvalue weighted by molar-refractivity contribution is 4.94. The van der Waals surface area contributed by atoms with Gasteiger partial charge in [0, 0.05) is 5.92 Å². The zero-order valence-electron chi connectivity index (χ0n) is 16.8. The molecule has 0 aliphatic carbocycles. The van der Waals surface area contributed by atoms with E-state index in [1.54, 1.807) is 0 Å². The van der Waals surface area contributed by atoms with Crippen molar-refractivity contribution in [2.24, 2.45) is 23.3 Å². The predicted molar refractivity (Wildman–Crippen MR) is 99.5 cm³/mol. The van der Waals surface area contributed by atoms with Gasteiger partial charge in [-0.15, -0.1) is 0 Å². The molecule has 2 saturated heterocycles. The van der Waals surface area contributed by atoms with E-state index < -0.39 is 49.1 Å². The van der Waals surface area contributed by atoms with Gasteiger partial charge < -0.3 is 46.1 Å². The first-order valence-electron chi connectivity index (χ1n) is 9.76. The third-order valence-electron chi connectivity index (χ3n) is 4.88. The Morgan fingerprint density at radius 2 is 1.59 bits per heavy atom. The Labute approximate surface area is 161 Å². The summed E-state index contributed by atoms with van der Waals surface area (Å²) in [6.07, 6.45) is -3.60. The molecule has 8 N–H and O–H groups in total. The maximum Gasteiger partial charge on any atom is 0.176 e. The van der Waals surface area contributed by atoms with Crippen LogP contribution in [0, 0.1) is 11.8 Å². The van der Waals surface area contributed by atoms with Gasteiger partial charge in [0.15, 0.2) is 12.6 Å². The molecular weight excluding hydrogens is 356 g/mol. The van der Waals surface area contributed by atoms with Crippen molar-refractivity contribution in [3.8, 4) is 0 Å². The lowest BCUT2D eigenvalue weighted by Crippen LogP contribution is -2.63. The Balaban J connectivity index is 0.00000114. The van der Waals surface area contributed by atoms with Crippen LogP contribution in [0.25, 0.3) is 0 Å². The Bertz CT molecular complexity index is 413. The van der Waals surface area contributed by atoms with Gasteiger partial charge in [-0.2, -0.15) is 0 Å². The SMILES string of the molecule is CC(C)C1C(CO)OC(OC2CC(N)C(O)OC2CO)C(N)C1O.CCC. The molecule has 0 aromatic rings. The van der Waals surface area contributed by atoms with Crippen LogP contribution >= 0.6 is 0 Å². The van der Waals surface area contributed by atoms with Crippen LogP contribution in [0.1, 0.15) is 40.5 Å². The Morgan fingerprint density at radius 3 is 2.07 bits per heavy atom. The molecule has 0 aromatic carbocycles. The van der Waals surface area contributed by atoms with Crippen molar-refractivity contribution in [1.29, 1.82) is 0 Å². The molecule has 0 amide bonds. The van der Waals surface area contributed by atoms with Crippen LogP contribution in [0.3, 0.4) is 0 Å². The number of hydrogen-bond donors (Lipinski definition) is 6. The molecule has 9 unspecified atom stereocenters. The van der Waals surface area contributed by atoms with Crippen molar-refractivity contribution < 1.29 is 34.6 Å². The normalized spacial score (nSPS) is 42.6. The lowest BCUT2D eigenvalue weighted by Gasteiger charge is -2.46. The third kappa shape index (κ3) is 6.31. The number of aliphatic hydroxyl groups excluding tert-OH is 4. The van der Waals surface area contributed by atoms with Crippen molar-refractivity contribution in [2.45, 2.75) is 89.6 Å². The first-order valence-corrected chi connectivity index (χ1v) is 9.76. The second-order valence-corrected chi connectivity index (χ2v) is 7.64. The summed E-state index contributed by atoms with van der Waals surface area (Å²) in [5.74, 6) is -0.249. The van der Waals surface area contributed by atoms with Crippen molar-refractivity contribution in [3.63, 3.8) is 0 Å². The van der Waals surface area contributed by atoms with Gasteiger partial charge in [-0.25, -0.2) is 0 Å². The Hall–Kier alpha value is -0.360. The quantitative estimate of drug-likeness (QED) is 0.340. The molecule has 27 heavy (non-hydrogen) atoms. The molecule has 0 saturated carbocycles. The highest BCUT2D eigenvalue weighted by atomic mass is 16.7. The van der Waals surface area contributed by atoms with Crippen LogP contribution in [0.5, 0.6) is 0 Å². The van der Waals surface area contributed by atoms with E-state index in [2.05, 4.69) is 13.8 Å². The molecule has 0 bridgehead atoms. The average Bonchev–Trinajstić information content (AvgIpc) is 2.61. The number of ether oxygens (including phenoxy) is 3. The zero-order valence-corrected chi connectivity index (χ0v) is 16.8. The van der Waals surface area contributed by atoms with Crippen molar-refractivity contribution >= 4 is 0 Å². The topological polar surface area (TPSA) is 161 Å². The van der Waals surface area contributed by atoms with E-state index >= 15 is 0 Å². The molecule has 0 spiro atoms. The molecule has 2 heterocycles. The van der Waals surface area contributed by atoms with Gasteiger partial charge in [-0.3, -0.25) is 0 Å². The number of hydrogen-bond acceptors (Lipinski definition) is 9. The molecule has 2 fully saturated rings. The molecule has 9 heteroatoms. The highest BCUT2D eigenvalue weighted by Gasteiger charge is 2.47. The molecule has 9 nitrogen and oxygen atoms in total. The summed E-state index contributed by atoms with van der Waals surface area (Å²) in [6.45, 7) is 7.46. The summed E-state index contributed by atoms with van der Waals surface area (Å²) in [4.78, 5) is 0. The Kier molecular flexibility index (Phi) is 10.6. The van der Waals surface area contributed by atoms with Gasteiger partial charge in [-0.1, -0.05) is 34.1 Å². The first kappa shape index (κ1) is 24.7. The summed E-state index contributed by atoms with van der Waals surface area (Å²) in [5, 5.41) is 39.1. The maximum absolute atomic E-state index is 10.5. The van der Waals surface area contributed by atoms with Crippen LogP contribution < -0.4 is 11.5 Å². The number of aliphatic hydroxyl groups is 4. The molecular formula is C18H38N2O7. The summed E-state index contributed by atoms with van der Waals surface area (Å²) in [6, 6.07) is -1.48. The fraction of sp³-hybridized carbons (Fsp3) is 1.00. The molecule has 0 aromatic heterocycles. The summed E-state index contributed by atoms with van der Waals surface area (Å²) >= 11 is 0. The van der Waals surface area contributed by atoms with Crippen LogP contribution in [0.15, 0.2) is 0 Å². The highest BCUT2D eigenvalue weighted by Crippen LogP contribution is 2.33. The monoisotopic (exact) mass is 394 g/mol. The van der Waals surface area contributed by atoms with E-state index in [1.165, 1.54) is 6.42 Å². The lowest BCUT2D eigenvalue weighted by atomic mass is 9.80. The molecule has 162 valence electrons. The fourth-order valence-electron chi connectivity index (χ4n) is 3.48. The second kappa shape index (κ2) is 11.6. The van der Waals surface area contributed by atoms with Crippen molar-refractivity contribution in [2.75, 3.05) is 13.2 Å². The molecule has 2 aliphatic heterocycles. The summed E-state index contributed by atoms with van der Waals surface area (Å²) in [5.41, 5.74) is 11.8. The summed E-state index contributed by atoms with van der Waals surface area (Å²) in [7, 11) is 0. The van der Waals surface area contributed by atoms with E-state index in [4.69, 9.17) is 25.7 Å². The van der Waals surface area contributed by atoms with Gasteiger partial charge in [0.1, 0.15) is 6.10 Å². The standard InChI is InChI=1S/C15H30N2O7.C3H8/c1-6(2)11-10(5-19)24-15(12(17)13(11)20)23-8-3-7(16)14(21)22-9(8)4-18;1-3-2/h6-15,18-21H,3-5,16-17H2,1-2H3;3H2,1-2H3. The molecule has 2 aliphatic rings. The molecule has 9 atom stereocenters. The number of rotatable bonds is 5. The van der Waals surface area contributed by atoms with Crippen molar-refractivity contribution in [3.05, 3.63) is 0 Å². The first-order chi connectivity index (χ1) is 12.7. The van der Waals surface area contributed by atoms with Gasteiger partial charge in [0.2, 0.25) is 0 Å². The minimum Gasteiger partial charge on any atom is -0.394 e. The van der Waals surface area contributed by atoms with E-state index in [9.17, 15) is 20.4 Å². The van der Waals surface area contributed by atoms with E-state index in [1.807, 2.05) is 13.8 Å². The van der Waals surface area contributed by atoms with Crippen LogP contribution in [0.4, 0.5) is 0 Å². The van der Waals surface area contributed by atoms with Crippen LogP contribution in [-0.2, 0) is 14.2 Å². The molecule has 2 rings (SSSR count). The van der Waals surface area contributed by atoms with Gasteiger partial charge >= 0.3 is 0 Å². The number of nitrogens with two attached hydrogens (primary N) is 2. The van der Waals surface area contributed by atoms with E-state index in [0.29, 0.717) is 0 Å². The maximum atomic E-state index is 10.5. The summed E-state index contributed by atoms with van der Waals surface area (Å²) < 4.78 is 16.8. The second-order valence-electron chi connectivity index (χ2n) is 7.64. The van der Waals surface area contributed by atoms with Gasteiger partial charge in [0.05, 0.1) is 43.6 Å². The third-order valence-corrected chi connectivity index (χ3v) is 4.88. The zero-order chi connectivity index (χ0) is 20.7. The average molecular weight is 395 g/mol. The molecule has 0 radical (unpaired) electrons. The minimum absolute atomic E-state index is 0.0657.